The highest BCUT2D eigenvalue weighted by molar-refractivity contribution is 6.34. The fraction of sp³-hybridized carbons (Fsp3) is 0.261. The number of rotatable bonds is 1. The number of aromatic hydroxyl groups is 2. The summed E-state index contributed by atoms with van der Waals surface area (Å²) in [5, 5.41) is 22.2. The summed E-state index contributed by atoms with van der Waals surface area (Å²) in [6.45, 7) is 2.51. The average Bonchev–Trinajstić information content (AvgIpc) is 3.30. The normalized spacial score (nSPS) is 17.9. The van der Waals surface area contributed by atoms with Crippen LogP contribution in [0.3, 0.4) is 0 Å². The van der Waals surface area contributed by atoms with Crippen LogP contribution in [0.4, 0.5) is 0 Å². The molecule has 4 N–H and O–H groups in total. The Kier molecular flexibility index (Phi) is 4.00. The van der Waals surface area contributed by atoms with Crippen LogP contribution >= 0.6 is 0 Å². The van der Waals surface area contributed by atoms with Crippen LogP contribution in [0.15, 0.2) is 24.3 Å². The maximum Gasteiger partial charge on any atom is 0.256 e. The summed E-state index contributed by atoms with van der Waals surface area (Å²) >= 11 is 0. The molecule has 2 aromatic carbocycles. The number of hydrogen-bond acceptors (Lipinski definition) is 6. The van der Waals surface area contributed by atoms with Crippen molar-refractivity contribution in [3.05, 3.63) is 57.9 Å². The molecule has 158 valence electrons. The van der Waals surface area contributed by atoms with E-state index in [2.05, 4.69) is 0 Å². The summed E-state index contributed by atoms with van der Waals surface area (Å²) in [5.41, 5.74) is 6.04. The standard InChI is InChI=1S/C23H21N3O5/c1-10-14(23(31)26-8-7-11(24)9-26)15-18(25(10)2)22(30)17-16(21(15)29)19(27)12-5-3-4-6-13(12)20(17)28/h3-6,11,27-28H,7-9,24H2,1-2H3/t11-/m0/s1. The minimum atomic E-state index is -0.654. The zero-order chi connectivity index (χ0) is 22.2. The van der Waals surface area contributed by atoms with Crippen LogP contribution in [0.5, 0.6) is 11.5 Å². The second-order valence-corrected chi connectivity index (χ2v) is 8.19. The minimum Gasteiger partial charge on any atom is -0.506 e. The molecular formula is C23H21N3O5. The van der Waals surface area contributed by atoms with E-state index in [0.717, 1.165) is 0 Å². The van der Waals surface area contributed by atoms with Crippen LogP contribution in [-0.4, -0.2) is 56.3 Å². The third-order valence-electron chi connectivity index (χ3n) is 6.47. The Morgan fingerprint density at radius 3 is 2.16 bits per heavy atom. The zero-order valence-corrected chi connectivity index (χ0v) is 17.1. The van der Waals surface area contributed by atoms with Gasteiger partial charge < -0.3 is 25.4 Å². The number of phenolic OH excluding ortho intramolecular Hbond substituents is 2. The van der Waals surface area contributed by atoms with Gasteiger partial charge in [0.05, 0.1) is 22.3 Å². The first-order valence-electron chi connectivity index (χ1n) is 10.0. The molecule has 1 fully saturated rings. The topological polar surface area (TPSA) is 126 Å². The number of carbonyl (C=O) groups is 3. The predicted molar refractivity (Wildman–Crippen MR) is 113 cm³/mol. The predicted octanol–water partition coefficient (Wildman–Crippen LogP) is 1.85. The van der Waals surface area contributed by atoms with E-state index in [1.165, 1.54) is 4.57 Å². The molecule has 31 heavy (non-hydrogen) atoms. The number of carbonyl (C=O) groups excluding carboxylic acids is 3. The Hall–Kier alpha value is -3.65. The van der Waals surface area contributed by atoms with E-state index in [9.17, 15) is 24.6 Å². The number of aromatic nitrogens is 1. The first-order valence-corrected chi connectivity index (χ1v) is 10.0. The summed E-state index contributed by atoms with van der Waals surface area (Å²) in [6.07, 6.45) is 0.663. The fourth-order valence-electron chi connectivity index (χ4n) is 4.77. The number of fused-ring (bicyclic) bond motifs is 3. The van der Waals surface area contributed by atoms with Gasteiger partial charge in [0, 0.05) is 42.6 Å². The van der Waals surface area contributed by atoms with E-state index in [1.54, 1.807) is 43.1 Å². The highest BCUT2D eigenvalue weighted by atomic mass is 16.3. The zero-order valence-electron chi connectivity index (χ0n) is 17.1. The van der Waals surface area contributed by atoms with Crippen molar-refractivity contribution in [3.8, 4) is 11.5 Å². The van der Waals surface area contributed by atoms with Crippen molar-refractivity contribution in [2.75, 3.05) is 13.1 Å². The minimum absolute atomic E-state index is 0.0341. The highest BCUT2D eigenvalue weighted by Gasteiger charge is 2.43. The van der Waals surface area contributed by atoms with Crippen LogP contribution in [0.1, 0.15) is 54.4 Å². The molecule has 3 aromatic rings. The van der Waals surface area contributed by atoms with Gasteiger partial charge in [-0.1, -0.05) is 24.3 Å². The Balaban J connectivity index is 1.79. The largest absolute Gasteiger partial charge is 0.506 e. The van der Waals surface area contributed by atoms with Crippen molar-refractivity contribution in [1.82, 2.24) is 9.47 Å². The molecule has 1 aliphatic carbocycles. The summed E-state index contributed by atoms with van der Waals surface area (Å²) in [4.78, 5) is 42.0. The molecule has 8 heteroatoms. The monoisotopic (exact) mass is 419 g/mol. The molecule has 2 aliphatic rings. The molecule has 5 rings (SSSR count). The molecule has 0 spiro atoms. The number of phenols is 2. The number of likely N-dealkylation sites (tertiary alicyclic amines) is 1. The Morgan fingerprint density at radius 2 is 1.61 bits per heavy atom. The maximum absolute atomic E-state index is 13.6. The molecule has 2 heterocycles. The van der Waals surface area contributed by atoms with Gasteiger partial charge >= 0.3 is 0 Å². The van der Waals surface area contributed by atoms with Crippen molar-refractivity contribution in [3.63, 3.8) is 0 Å². The molecule has 1 atom stereocenters. The summed E-state index contributed by atoms with van der Waals surface area (Å²) in [7, 11) is 1.61. The van der Waals surface area contributed by atoms with E-state index >= 15 is 0 Å². The van der Waals surface area contributed by atoms with Gasteiger partial charge in [-0.05, 0) is 13.3 Å². The molecule has 8 nitrogen and oxygen atoms in total. The van der Waals surface area contributed by atoms with Crippen molar-refractivity contribution in [2.24, 2.45) is 12.8 Å². The number of hydrogen-bond donors (Lipinski definition) is 3. The van der Waals surface area contributed by atoms with Crippen molar-refractivity contribution in [2.45, 2.75) is 19.4 Å². The lowest BCUT2D eigenvalue weighted by Crippen LogP contribution is -2.33. The third kappa shape index (κ3) is 2.42. The maximum atomic E-state index is 13.6. The smallest absolute Gasteiger partial charge is 0.256 e. The van der Waals surface area contributed by atoms with E-state index in [1.807, 2.05) is 0 Å². The van der Waals surface area contributed by atoms with E-state index < -0.39 is 11.6 Å². The van der Waals surface area contributed by atoms with Gasteiger partial charge in [-0.3, -0.25) is 14.4 Å². The second-order valence-electron chi connectivity index (χ2n) is 8.19. The van der Waals surface area contributed by atoms with Gasteiger partial charge in [-0.15, -0.1) is 0 Å². The molecule has 0 saturated carbocycles. The van der Waals surface area contributed by atoms with Crippen LogP contribution in [0.2, 0.25) is 0 Å². The molecule has 0 radical (unpaired) electrons. The third-order valence-corrected chi connectivity index (χ3v) is 6.47. The van der Waals surface area contributed by atoms with Crippen LogP contribution < -0.4 is 5.73 Å². The molecule has 1 amide bonds. The number of benzene rings is 2. The number of nitrogens with two attached hydrogens (primary N) is 1. The van der Waals surface area contributed by atoms with Crippen molar-refractivity contribution in [1.29, 1.82) is 0 Å². The van der Waals surface area contributed by atoms with Crippen molar-refractivity contribution < 1.29 is 24.6 Å². The first kappa shape index (κ1) is 19.3. The van der Waals surface area contributed by atoms with Gasteiger partial charge in [0.15, 0.2) is 0 Å². The first-order chi connectivity index (χ1) is 14.7. The lowest BCUT2D eigenvalue weighted by atomic mass is 9.83. The molecule has 1 aromatic heterocycles. The second kappa shape index (κ2) is 6.42. The number of amides is 1. The van der Waals surface area contributed by atoms with Gasteiger partial charge in [-0.2, -0.15) is 0 Å². The Bertz CT molecular complexity index is 1340. The summed E-state index contributed by atoms with van der Waals surface area (Å²) in [6, 6.07) is 6.32. The van der Waals surface area contributed by atoms with Crippen LogP contribution in [0, 0.1) is 6.92 Å². The van der Waals surface area contributed by atoms with E-state index in [4.69, 9.17) is 5.73 Å². The van der Waals surface area contributed by atoms with Gasteiger partial charge in [0.25, 0.3) is 5.91 Å². The Labute approximate surface area is 177 Å². The van der Waals surface area contributed by atoms with E-state index in [-0.39, 0.29) is 62.2 Å². The highest BCUT2D eigenvalue weighted by Crippen LogP contribution is 2.45. The Morgan fingerprint density at radius 1 is 1.03 bits per heavy atom. The van der Waals surface area contributed by atoms with Gasteiger partial charge in [0.1, 0.15) is 17.2 Å². The van der Waals surface area contributed by atoms with Crippen LogP contribution in [0.25, 0.3) is 10.8 Å². The summed E-state index contributed by atoms with van der Waals surface area (Å²) < 4.78 is 1.51. The SMILES string of the molecule is Cc1c(C(=O)N2CC[C@H](N)C2)c2c(n1C)C(=O)c1c(c(O)c3ccccc3c1O)C2=O. The lowest BCUT2D eigenvalue weighted by molar-refractivity contribution is 0.0785. The molecule has 0 bridgehead atoms. The van der Waals surface area contributed by atoms with Gasteiger partial charge in [-0.25, -0.2) is 0 Å². The quantitative estimate of drug-likeness (QED) is 0.404. The number of ketones is 2. The van der Waals surface area contributed by atoms with Gasteiger partial charge in [0.2, 0.25) is 11.6 Å². The molecule has 1 aliphatic heterocycles. The van der Waals surface area contributed by atoms with Crippen LogP contribution in [-0.2, 0) is 7.05 Å². The number of nitrogens with zero attached hydrogens (tertiary/aromatic N) is 2. The fourth-order valence-corrected chi connectivity index (χ4v) is 4.77. The molecule has 1 saturated heterocycles. The average molecular weight is 419 g/mol. The van der Waals surface area contributed by atoms with E-state index in [0.29, 0.717) is 25.2 Å². The molecule has 0 unspecified atom stereocenters. The van der Waals surface area contributed by atoms with Crippen molar-refractivity contribution >= 4 is 28.2 Å². The lowest BCUT2D eigenvalue weighted by Gasteiger charge is -2.21. The molecular weight excluding hydrogens is 398 g/mol. The summed E-state index contributed by atoms with van der Waals surface area (Å²) in [5.74, 6) is -2.36.